The molecule has 1 aliphatic rings. The molecule has 3 nitrogen and oxygen atoms in total. The summed E-state index contributed by atoms with van der Waals surface area (Å²) in [7, 11) is 0. The molecule has 0 heterocycles. The number of ether oxygens (including phenoxy) is 1. The van der Waals surface area contributed by atoms with Gasteiger partial charge in [-0.3, -0.25) is 0 Å². The van der Waals surface area contributed by atoms with Gasteiger partial charge < -0.3 is 15.2 Å². The largest absolute Gasteiger partial charge is 0.484 e. The summed E-state index contributed by atoms with van der Waals surface area (Å²) >= 11 is 0. The van der Waals surface area contributed by atoms with Crippen molar-refractivity contribution in [1.29, 1.82) is 0 Å². The topological polar surface area (TPSA) is 41.5 Å². The average Bonchev–Trinajstić information content (AvgIpc) is 2.64. The molecule has 21 heavy (non-hydrogen) atoms. The molecule has 0 spiro atoms. The zero-order valence-electron chi connectivity index (χ0n) is 12.9. The minimum atomic E-state index is -0.502. The summed E-state index contributed by atoms with van der Waals surface area (Å²) in [6.07, 6.45) is 3.86. The van der Waals surface area contributed by atoms with Crippen LogP contribution in [0.5, 0.6) is 5.75 Å². The standard InChI is InChI=1S/C17H26FNO2/c1-12(2)19-11-13-7-6-8-14(18)17(13)21-16-10-5-3-4-9-15(16)20/h6-8,12,15-16,19-20H,3-5,9-11H2,1-2H3. The molecule has 2 unspecified atom stereocenters. The minimum Gasteiger partial charge on any atom is -0.484 e. The van der Waals surface area contributed by atoms with Crippen molar-refractivity contribution < 1.29 is 14.2 Å². The van der Waals surface area contributed by atoms with Crippen molar-refractivity contribution >= 4 is 0 Å². The van der Waals surface area contributed by atoms with E-state index >= 15 is 0 Å². The molecule has 0 aliphatic heterocycles. The minimum absolute atomic E-state index is 0.289. The Morgan fingerprint density at radius 3 is 2.81 bits per heavy atom. The second-order valence-corrected chi connectivity index (χ2v) is 6.13. The monoisotopic (exact) mass is 295 g/mol. The van der Waals surface area contributed by atoms with Crippen LogP contribution in [0.25, 0.3) is 0 Å². The fourth-order valence-corrected chi connectivity index (χ4v) is 2.68. The lowest BCUT2D eigenvalue weighted by molar-refractivity contribution is 0.0291. The highest BCUT2D eigenvalue weighted by molar-refractivity contribution is 5.35. The van der Waals surface area contributed by atoms with Crippen molar-refractivity contribution in [3.63, 3.8) is 0 Å². The summed E-state index contributed by atoms with van der Waals surface area (Å²) in [6.45, 7) is 4.66. The summed E-state index contributed by atoms with van der Waals surface area (Å²) in [5.74, 6) is -0.0638. The van der Waals surface area contributed by atoms with E-state index in [1.807, 2.05) is 6.07 Å². The third-order valence-corrected chi connectivity index (χ3v) is 3.94. The highest BCUT2D eigenvalue weighted by atomic mass is 19.1. The van der Waals surface area contributed by atoms with Gasteiger partial charge in [-0.05, 0) is 25.3 Å². The summed E-state index contributed by atoms with van der Waals surface area (Å²) < 4.78 is 20.0. The predicted octanol–water partition coefficient (Wildman–Crippen LogP) is 3.40. The highest BCUT2D eigenvalue weighted by Gasteiger charge is 2.25. The van der Waals surface area contributed by atoms with E-state index in [1.165, 1.54) is 6.07 Å². The molecule has 1 aliphatic carbocycles. The van der Waals surface area contributed by atoms with E-state index in [-0.39, 0.29) is 17.7 Å². The van der Waals surface area contributed by atoms with Crippen molar-refractivity contribution in [2.45, 2.75) is 70.7 Å². The van der Waals surface area contributed by atoms with Gasteiger partial charge in [0.05, 0.1) is 6.10 Å². The van der Waals surface area contributed by atoms with E-state index in [1.54, 1.807) is 6.07 Å². The van der Waals surface area contributed by atoms with Crippen LogP contribution in [-0.2, 0) is 6.54 Å². The molecule has 0 bridgehead atoms. The van der Waals surface area contributed by atoms with Crippen molar-refractivity contribution in [3.8, 4) is 5.75 Å². The SMILES string of the molecule is CC(C)NCc1cccc(F)c1OC1CCCCCC1O. The number of benzene rings is 1. The number of para-hydroxylation sites is 1. The first-order chi connectivity index (χ1) is 10.1. The van der Waals surface area contributed by atoms with E-state index in [0.717, 1.165) is 37.7 Å². The first-order valence-corrected chi connectivity index (χ1v) is 7.93. The lowest BCUT2D eigenvalue weighted by Crippen LogP contribution is -2.31. The third-order valence-electron chi connectivity index (χ3n) is 3.94. The van der Waals surface area contributed by atoms with E-state index in [2.05, 4.69) is 19.2 Å². The second-order valence-electron chi connectivity index (χ2n) is 6.13. The van der Waals surface area contributed by atoms with Crippen LogP contribution in [0.15, 0.2) is 18.2 Å². The average molecular weight is 295 g/mol. The van der Waals surface area contributed by atoms with E-state index in [4.69, 9.17) is 4.74 Å². The molecule has 1 fully saturated rings. The van der Waals surface area contributed by atoms with Crippen molar-refractivity contribution in [1.82, 2.24) is 5.32 Å². The van der Waals surface area contributed by atoms with Gasteiger partial charge in [0.1, 0.15) is 6.10 Å². The van der Waals surface area contributed by atoms with Gasteiger partial charge in [0, 0.05) is 18.2 Å². The quantitative estimate of drug-likeness (QED) is 0.818. The predicted molar refractivity (Wildman–Crippen MR) is 81.9 cm³/mol. The molecule has 1 aromatic rings. The number of hydrogen-bond acceptors (Lipinski definition) is 3. The van der Waals surface area contributed by atoms with Crippen LogP contribution in [0.4, 0.5) is 4.39 Å². The van der Waals surface area contributed by atoms with Gasteiger partial charge in [0.25, 0.3) is 0 Å². The van der Waals surface area contributed by atoms with Gasteiger partial charge in [0.15, 0.2) is 11.6 Å². The zero-order chi connectivity index (χ0) is 15.2. The van der Waals surface area contributed by atoms with Gasteiger partial charge in [0.2, 0.25) is 0 Å². The molecular weight excluding hydrogens is 269 g/mol. The van der Waals surface area contributed by atoms with Crippen molar-refractivity contribution in [2.75, 3.05) is 0 Å². The van der Waals surface area contributed by atoms with Crippen molar-refractivity contribution in [2.24, 2.45) is 0 Å². The first kappa shape index (κ1) is 16.2. The Kier molecular flexibility index (Phi) is 6.00. The van der Waals surface area contributed by atoms with Crippen LogP contribution in [0, 0.1) is 5.82 Å². The molecule has 118 valence electrons. The van der Waals surface area contributed by atoms with E-state index < -0.39 is 6.10 Å². The number of aliphatic hydroxyl groups is 1. The number of nitrogens with one attached hydrogen (secondary N) is 1. The van der Waals surface area contributed by atoms with Gasteiger partial charge in [-0.1, -0.05) is 38.8 Å². The molecule has 2 rings (SSSR count). The summed E-state index contributed by atoms with van der Waals surface area (Å²) in [4.78, 5) is 0. The van der Waals surface area contributed by atoms with Gasteiger partial charge >= 0.3 is 0 Å². The smallest absolute Gasteiger partial charge is 0.165 e. The highest BCUT2D eigenvalue weighted by Crippen LogP contribution is 2.28. The molecule has 0 radical (unpaired) electrons. The van der Waals surface area contributed by atoms with Crippen LogP contribution in [0.2, 0.25) is 0 Å². The van der Waals surface area contributed by atoms with Crippen LogP contribution >= 0.6 is 0 Å². The Hall–Kier alpha value is -1.13. The number of aliphatic hydroxyl groups excluding tert-OH is 1. The molecule has 0 amide bonds. The Balaban J connectivity index is 2.13. The molecule has 1 aromatic carbocycles. The molecule has 0 aromatic heterocycles. The maximum Gasteiger partial charge on any atom is 0.165 e. The Morgan fingerprint density at radius 2 is 2.05 bits per heavy atom. The Labute approximate surface area is 126 Å². The van der Waals surface area contributed by atoms with Crippen molar-refractivity contribution in [3.05, 3.63) is 29.6 Å². The lowest BCUT2D eigenvalue weighted by Gasteiger charge is -2.24. The molecule has 1 saturated carbocycles. The van der Waals surface area contributed by atoms with Gasteiger partial charge in [-0.2, -0.15) is 0 Å². The number of halogens is 1. The normalized spacial score (nSPS) is 23.1. The van der Waals surface area contributed by atoms with Crippen LogP contribution in [0.1, 0.15) is 51.5 Å². The molecule has 2 N–H and O–H groups in total. The lowest BCUT2D eigenvalue weighted by atomic mass is 10.1. The fourth-order valence-electron chi connectivity index (χ4n) is 2.68. The van der Waals surface area contributed by atoms with E-state index in [9.17, 15) is 9.50 Å². The molecule has 0 saturated heterocycles. The summed E-state index contributed by atoms with van der Waals surface area (Å²) in [6, 6.07) is 5.31. The molecule has 4 heteroatoms. The third kappa shape index (κ3) is 4.68. The van der Waals surface area contributed by atoms with Crippen LogP contribution in [0.3, 0.4) is 0 Å². The van der Waals surface area contributed by atoms with Gasteiger partial charge in [-0.15, -0.1) is 0 Å². The second kappa shape index (κ2) is 7.76. The fraction of sp³-hybridized carbons (Fsp3) is 0.647. The Morgan fingerprint density at radius 1 is 1.29 bits per heavy atom. The number of rotatable bonds is 5. The molecular formula is C17H26FNO2. The van der Waals surface area contributed by atoms with Crippen LogP contribution in [-0.4, -0.2) is 23.4 Å². The van der Waals surface area contributed by atoms with E-state index in [0.29, 0.717) is 12.6 Å². The van der Waals surface area contributed by atoms with Gasteiger partial charge in [-0.25, -0.2) is 4.39 Å². The summed E-state index contributed by atoms with van der Waals surface area (Å²) in [5.41, 5.74) is 0.806. The maximum atomic E-state index is 14.1. The maximum absolute atomic E-state index is 14.1. The first-order valence-electron chi connectivity index (χ1n) is 7.93. The molecule has 2 atom stereocenters. The van der Waals surface area contributed by atoms with Crippen LogP contribution < -0.4 is 10.1 Å². The summed E-state index contributed by atoms with van der Waals surface area (Å²) in [5, 5.41) is 13.4. The number of hydrogen-bond donors (Lipinski definition) is 2. The zero-order valence-corrected chi connectivity index (χ0v) is 12.9. The Bertz CT molecular complexity index is 450.